The Hall–Kier alpha value is -2.79. The van der Waals surface area contributed by atoms with Gasteiger partial charge in [-0.2, -0.15) is 0 Å². The van der Waals surface area contributed by atoms with Crippen molar-refractivity contribution in [1.82, 2.24) is 9.55 Å². The molecule has 11 heteroatoms. The van der Waals surface area contributed by atoms with E-state index in [1.807, 2.05) is 10.8 Å². The van der Waals surface area contributed by atoms with Crippen molar-refractivity contribution in [3.63, 3.8) is 0 Å². The summed E-state index contributed by atoms with van der Waals surface area (Å²) in [7, 11) is 0. The number of hydrogen-bond acceptors (Lipinski definition) is 5. The highest BCUT2D eigenvalue weighted by Crippen LogP contribution is 2.33. The summed E-state index contributed by atoms with van der Waals surface area (Å²) in [4.78, 5) is 21.8. The van der Waals surface area contributed by atoms with E-state index >= 15 is 0 Å². The maximum atomic E-state index is 13.7. The molecule has 0 radical (unpaired) electrons. The number of fused-ring (bicyclic) bond motifs is 1. The van der Waals surface area contributed by atoms with Crippen LogP contribution < -0.4 is 10.5 Å². The van der Waals surface area contributed by atoms with E-state index in [4.69, 9.17) is 32.9 Å². The van der Waals surface area contributed by atoms with Gasteiger partial charge in [-0.05, 0) is 24.8 Å². The predicted octanol–water partition coefficient (Wildman–Crippen LogP) is 2.05. The molecule has 0 fully saturated rings. The largest absolute Gasteiger partial charge is 0.488 e. The third-order valence-corrected chi connectivity index (χ3v) is 4.23. The number of aliphatic carboxylic acids is 2. The van der Waals surface area contributed by atoms with Crippen LogP contribution in [0.5, 0.6) is 5.75 Å². The average Bonchev–Trinajstić information content (AvgIpc) is 2.94. The van der Waals surface area contributed by atoms with E-state index in [0.29, 0.717) is 36.3 Å². The first kappa shape index (κ1) is 21.5. The maximum absolute atomic E-state index is 13.7. The van der Waals surface area contributed by atoms with Gasteiger partial charge in [0.05, 0.1) is 6.04 Å². The number of rotatable bonds is 5. The van der Waals surface area contributed by atoms with Crippen LogP contribution in [0.15, 0.2) is 18.3 Å². The van der Waals surface area contributed by atoms with Crippen LogP contribution in [0.1, 0.15) is 23.7 Å². The second kappa shape index (κ2) is 9.42. The zero-order valence-electron chi connectivity index (χ0n) is 14.7. The van der Waals surface area contributed by atoms with Gasteiger partial charge in [0, 0.05) is 36.4 Å². The van der Waals surface area contributed by atoms with Gasteiger partial charge < -0.3 is 30.2 Å². The molecule has 152 valence electrons. The number of hydrogen-bond donors (Lipinski definition) is 4. The number of nitrogens with zero attached hydrogens (tertiary/aromatic N) is 1. The summed E-state index contributed by atoms with van der Waals surface area (Å²) in [5.41, 5.74) is 7.08. The lowest BCUT2D eigenvalue weighted by molar-refractivity contribution is -0.147. The zero-order chi connectivity index (χ0) is 20.8. The molecule has 0 aliphatic carbocycles. The number of carboxylic acids is 2. The number of aromatic nitrogens is 2. The van der Waals surface area contributed by atoms with Gasteiger partial charge in [-0.15, -0.1) is 0 Å². The predicted molar refractivity (Wildman–Crippen MR) is 96.9 cm³/mol. The fourth-order valence-corrected chi connectivity index (χ4v) is 3.20. The molecule has 0 unspecified atom stereocenters. The monoisotopic (exact) mass is 415 g/mol. The highest BCUT2D eigenvalue weighted by Gasteiger charge is 2.26. The van der Waals surface area contributed by atoms with Crippen LogP contribution in [-0.2, 0) is 22.4 Å². The van der Waals surface area contributed by atoms with Gasteiger partial charge in [-0.1, -0.05) is 0 Å². The van der Waals surface area contributed by atoms with Crippen molar-refractivity contribution >= 4 is 24.2 Å². The minimum absolute atomic E-state index is 0.0981. The minimum atomic E-state index is -1.31. The van der Waals surface area contributed by atoms with E-state index < -0.39 is 30.0 Å². The van der Waals surface area contributed by atoms with Crippen LogP contribution in [0.2, 0.25) is 0 Å². The number of halogens is 2. The highest BCUT2D eigenvalue weighted by molar-refractivity contribution is 7.71. The Morgan fingerprint density at radius 3 is 2.57 bits per heavy atom. The normalized spacial score (nSPS) is 15.0. The van der Waals surface area contributed by atoms with E-state index in [0.717, 1.165) is 11.8 Å². The van der Waals surface area contributed by atoms with Crippen molar-refractivity contribution in [3.05, 3.63) is 46.0 Å². The van der Waals surface area contributed by atoms with Crippen LogP contribution in [0.4, 0.5) is 8.78 Å². The van der Waals surface area contributed by atoms with Gasteiger partial charge in [0.1, 0.15) is 18.8 Å². The molecule has 0 saturated carbocycles. The number of H-pyrrole nitrogens is 1. The lowest BCUT2D eigenvalue weighted by Crippen LogP contribution is -2.27. The van der Waals surface area contributed by atoms with Crippen molar-refractivity contribution in [3.8, 4) is 5.75 Å². The Morgan fingerprint density at radius 1 is 1.32 bits per heavy atom. The average molecular weight is 415 g/mol. The molecule has 0 saturated heterocycles. The third kappa shape index (κ3) is 5.36. The van der Waals surface area contributed by atoms with E-state index in [2.05, 4.69) is 4.98 Å². The fourth-order valence-electron chi connectivity index (χ4n) is 2.87. The van der Waals surface area contributed by atoms with Crippen LogP contribution in [0.25, 0.3) is 0 Å². The zero-order valence-corrected chi connectivity index (χ0v) is 15.5. The molecule has 0 amide bonds. The molecule has 28 heavy (non-hydrogen) atoms. The van der Waals surface area contributed by atoms with Crippen LogP contribution in [0, 0.1) is 16.4 Å². The molecule has 1 aromatic heterocycles. The van der Waals surface area contributed by atoms with Crippen molar-refractivity contribution in [2.45, 2.75) is 25.3 Å². The van der Waals surface area contributed by atoms with Gasteiger partial charge in [-0.25, -0.2) is 8.78 Å². The standard InChI is InChI=1S/C14H15F2N3OS.C3H4O4/c15-9-3-8-4-11(7-20-13(8)12(16)5-9)19-10(1-2-17)6-18-14(19)21;4-2(5)1-3(6)7/h3,5-6,11H,1-2,4,7,17H2,(H,18,21);1H2,(H,4,5)(H,6,7)/t11-;/m1./s1. The van der Waals surface area contributed by atoms with Gasteiger partial charge in [-0.3, -0.25) is 9.59 Å². The van der Waals surface area contributed by atoms with E-state index in [1.165, 1.54) is 6.07 Å². The molecule has 2 heterocycles. The quantitative estimate of drug-likeness (QED) is 0.434. The van der Waals surface area contributed by atoms with E-state index in [9.17, 15) is 18.4 Å². The molecule has 1 aliphatic rings. The van der Waals surface area contributed by atoms with E-state index in [1.54, 1.807) is 0 Å². The van der Waals surface area contributed by atoms with Crippen molar-refractivity contribution in [2.24, 2.45) is 5.73 Å². The van der Waals surface area contributed by atoms with Gasteiger partial charge >= 0.3 is 11.9 Å². The highest BCUT2D eigenvalue weighted by atomic mass is 32.1. The van der Waals surface area contributed by atoms with E-state index in [-0.39, 0.29) is 11.8 Å². The number of carbonyl (C=O) groups is 2. The Labute approximate surface area is 163 Å². The molecule has 0 spiro atoms. The lowest BCUT2D eigenvalue weighted by atomic mass is 10.0. The second-order valence-electron chi connectivity index (χ2n) is 6.00. The first-order valence-corrected chi connectivity index (χ1v) is 8.67. The molecule has 2 aromatic rings. The first-order chi connectivity index (χ1) is 13.2. The molecular weight excluding hydrogens is 396 g/mol. The number of benzene rings is 1. The van der Waals surface area contributed by atoms with Crippen molar-refractivity contribution in [1.29, 1.82) is 0 Å². The van der Waals surface area contributed by atoms with Gasteiger partial charge in [0.25, 0.3) is 0 Å². The Morgan fingerprint density at radius 2 is 2.00 bits per heavy atom. The summed E-state index contributed by atoms with van der Waals surface area (Å²) in [5, 5.41) is 15.4. The molecule has 5 N–H and O–H groups in total. The Kier molecular flexibility index (Phi) is 7.24. The first-order valence-electron chi connectivity index (χ1n) is 8.26. The molecular formula is C17H19F2N3O5S. The van der Waals surface area contributed by atoms with Crippen molar-refractivity contribution in [2.75, 3.05) is 13.2 Å². The van der Waals surface area contributed by atoms with Crippen LogP contribution in [-0.4, -0.2) is 44.9 Å². The Bertz CT molecular complexity index is 916. The van der Waals surface area contributed by atoms with Gasteiger partial charge in [0.15, 0.2) is 16.3 Å². The number of imidazole rings is 1. The summed E-state index contributed by atoms with van der Waals surface area (Å²) >= 11 is 5.28. The molecule has 3 rings (SSSR count). The number of nitrogens with two attached hydrogens (primary N) is 1. The number of aromatic amines is 1. The van der Waals surface area contributed by atoms with Crippen LogP contribution in [0.3, 0.4) is 0 Å². The summed E-state index contributed by atoms with van der Waals surface area (Å²) < 4.78 is 35.0. The summed E-state index contributed by atoms with van der Waals surface area (Å²) in [6.45, 7) is 0.791. The topological polar surface area (TPSA) is 131 Å². The number of ether oxygens (including phenoxy) is 1. The molecule has 1 atom stereocenters. The number of carboxylic acid groups (broad SMARTS) is 2. The molecule has 0 bridgehead atoms. The van der Waals surface area contributed by atoms with Crippen molar-refractivity contribution < 1.29 is 33.3 Å². The molecule has 1 aromatic carbocycles. The smallest absolute Gasteiger partial charge is 0.314 e. The fraction of sp³-hybridized carbons (Fsp3) is 0.353. The summed E-state index contributed by atoms with van der Waals surface area (Å²) in [6, 6.07) is 2.05. The summed E-state index contributed by atoms with van der Waals surface area (Å²) in [5.74, 6) is -3.76. The lowest BCUT2D eigenvalue weighted by Gasteiger charge is -2.27. The van der Waals surface area contributed by atoms with Crippen LogP contribution >= 0.6 is 12.2 Å². The molecule has 1 aliphatic heterocycles. The maximum Gasteiger partial charge on any atom is 0.314 e. The van der Waals surface area contributed by atoms with Gasteiger partial charge in [0.2, 0.25) is 0 Å². The second-order valence-corrected chi connectivity index (χ2v) is 6.39. The third-order valence-electron chi connectivity index (χ3n) is 3.92. The Balaban J connectivity index is 0.000000345. The molecule has 8 nitrogen and oxygen atoms in total. The SMILES string of the molecule is NCCc1c[nH]c(=S)n1[C@H]1COc2c(F)cc(F)cc2C1.O=C(O)CC(=O)O. The minimum Gasteiger partial charge on any atom is -0.488 e. The number of nitrogens with one attached hydrogen (secondary N) is 1. The summed E-state index contributed by atoms with van der Waals surface area (Å²) in [6.07, 6.45) is 2.15.